The van der Waals surface area contributed by atoms with Crippen LogP contribution in [0.4, 0.5) is 28.0 Å². The Labute approximate surface area is 185 Å². The Morgan fingerprint density at radius 2 is 1.82 bits per heavy atom. The molecule has 0 aliphatic carbocycles. The lowest BCUT2D eigenvalue weighted by Crippen LogP contribution is -2.34. The van der Waals surface area contributed by atoms with Crippen molar-refractivity contribution in [3.63, 3.8) is 0 Å². The third kappa shape index (κ3) is 4.02. The van der Waals surface area contributed by atoms with Crippen molar-refractivity contribution in [2.24, 2.45) is 0 Å². The van der Waals surface area contributed by atoms with E-state index >= 15 is 0 Å². The molecule has 2 heterocycles. The number of urea groups is 1. The van der Waals surface area contributed by atoms with Crippen LogP contribution < -0.4 is 5.32 Å². The monoisotopic (exact) mass is 455 g/mol. The van der Waals surface area contributed by atoms with Crippen molar-refractivity contribution in [1.29, 1.82) is 0 Å². The van der Waals surface area contributed by atoms with E-state index in [0.717, 1.165) is 18.2 Å². The normalized spacial score (nSPS) is 15.9. The predicted octanol–water partition coefficient (Wildman–Crippen LogP) is 6.42. The van der Waals surface area contributed by atoms with E-state index in [1.807, 2.05) is 0 Å². The highest BCUT2D eigenvalue weighted by Gasteiger charge is 2.34. The number of fused-ring (bicyclic) bond motifs is 1. The van der Waals surface area contributed by atoms with Crippen LogP contribution in [0.1, 0.15) is 24.8 Å². The van der Waals surface area contributed by atoms with Gasteiger partial charge in [-0.2, -0.15) is 0 Å². The molecular formula is C24H17F4N3O2. The molecule has 1 aliphatic rings. The zero-order chi connectivity index (χ0) is 23.1. The summed E-state index contributed by atoms with van der Waals surface area (Å²) in [5, 5.41) is 2.57. The van der Waals surface area contributed by atoms with Gasteiger partial charge < -0.3 is 14.6 Å². The highest BCUT2D eigenvalue weighted by Crippen LogP contribution is 2.35. The van der Waals surface area contributed by atoms with Gasteiger partial charge in [-0.25, -0.2) is 27.3 Å². The van der Waals surface area contributed by atoms with Crippen molar-refractivity contribution in [2.75, 3.05) is 11.9 Å². The average Bonchev–Trinajstić information content (AvgIpc) is 3.42. The molecule has 1 N–H and O–H groups in total. The van der Waals surface area contributed by atoms with Gasteiger partial charge in [0.15, 0.2) is 17.2 Å². The van der Waals surface area contributed by atoms with Gasteiger partial charge in [-0.3, -0.25) is 0 Å². The molecule has 1 fully saturated rings. The van der Waals surface area contributed by atoms with Crippen LogP contribution in [-0.4, -0.2) is 22.5 Å². The molecule has 1 aromatic heterocycles. The van der Waals surface area contributed by atoms with Crippen LogP contribution in [0.2, 0.25) is 0 Å². The Morgan fingerprint density at radius 1 is 0.970 bits per heavy atom. The molecule has 2 amide bonds. The number of amides is 2. The van der Waals surface area contributed by atoms with E-state index < -0.39 is 35.3 Å². The predicted molar refractivity (Wildman–Crippen MR) is 113 cm³/mol. The topological polar surface area (TPSA) is 58.4 Å². The summed E-state index contributed by atoms with van der Waals surface area (Å²) in [6, 6.07) is 10.5. The van der Waals surface area contributed by atoms with Crippen molar-refractivity contribution in [3.8, 4) is 11.1 Å². The van der Waals surface area contributed by atoms with Gasteiger partial charge in [0.05, 0.1) is 0 Å². The minimum absolute atomic E-state index is 0.132. The molecule has 168 valence electrons. The van der Waals surface area contributed by atoms with Crippen molar-refractivity contribution in [1.82, 2.24) is 9.88 Å². The zero-order valence-electron chi connectivity index (χ0n) is 17.1. The Balaban J connectivity index is 1.40. The molecule has 33 heavy (non-hydrogen) atoms. The number of likely N-dealkylation sites (tertiary alicyclic amines) is 1. The summed E-state index contributed by atoms with van der Waals surface area (Å²) in [5.74, 6) is -3.09. The molecule has 3 aromatic carbocycles. The van der Waals surface area contributed by atoms with E-state index in [1.54, 1.807) is 18.2 Å². The molecule has 1 atom stereocenters. The maximum atomic E-state index is 14.2. The Morgan fingerprint density at radius 3 is 2.61 bits per heavy atom. The number of carbonyl (C=O) groups excluding carboxylic acids is 1. The zero-order valence-corrected chi connectivity index (χ0v) is 17.1. The minimum atomic E-state index is -1.06. The second-order valence-corrected chi connectivity index (χ2v) is 7.77. The summed E-state index contributed by atoms with van der Waals surface area (Å²) in [7, 11) is 0. The number of rotatable bonds is 3. The largest absolute Gasteiger partial charge is 0.438 e. The summed E-state index contributed by atoms with van der Waals surface area (Å²) in [5.41, 5.74) is 1.81. The fourth-order valence-corrected chi connectivity index (χ4v) is 4.01. The number of aromatic nitrogens is 1. The first-order valence-electron chi connectivity index (χ1n) is 10.3. The summed E-state index contributed by atoms with van der Waals surface area (Å²) in [4.78, 5) is 18.8. The van der Waals surface area contributed by atoms with Crippen LogP contribution in [-0.2, 0) is 0 Å². The molecule has 5 nitrogen and oxygen atoms in total. The molecule has 9 heteroatoms. The summed E-state index contributed by atoms with van der Waals surface area (Å²) < 4.78 is 59.9. The van der Waals surface area contributed by atoms with E-state index in [2.05, 4.69) is 10.3 Å². The van der Waals surface area contributed by atoms with Crippen molar-refractivity contribution in [2.45, 2.75) is 18.9 Å². The standard InChI is InChI=1S/C24H17F4N3O2/c25-14-4-6-16(18(27)11-14)13-3-8-22-20(10-13)30-23(33-22)21-2-1-9-31(21)24(32)29-15-5-7-17(26)19(28)12-15/h3-8,10-12,21H,1-2,9H2,(H,29,32)/t21-/m1/s1. The smallest absolute Gasteiger partial charge is 0.322 e. The minimum Gasteiger partial charge on any atom is -0.438 e. The number of oxazole rings is 1. The van der Waals surface area contributed by atoms with Gasteiger partial charge in [0.25, 0.3) is 0 Å². The Bertz CT molecular complexity index is 1370. The Hall–Kier alpha value is -3.88. The first kappa shape index (κ1) is 21.0. The van der Waals surface area contributed by atoms with Gasteiger partial charge in [-0.1, -0.05) is 6.07 Å². The fraction of sp³-hybridized carbons (Fsp3) is 0.167. The average molecular weight is 455 g/mol. The summed E-state index contributed by atoms with van der Waals surface area (Å²) >= 11 is 0. The second-order valence-electron chi connectivity index (χ2n) is 7.77. The van der Waals surface area contributed by atoms with Gasteiger partial charge in [-0.15, -0.1) is 0 Å². The van der Waals surface area contributed by atoms with Gasteiger partial charge in [-0.05, 0) is 54.8 Å². The lowest BCUT2D eigenvalue weighted by Gasteiger charge is -2.22. The van der Waals surface area contributed by atoms with Crippen molar-refractivity contribution >= 4 is 22.8 Å². The van der Waals surface area contributed by atoms with E-state index in [0.29, 0.717) is 41.9 Å². The number of benzene rings is 3. The third-order valence-electron chi connectivity index (χ3n) is 5.62. The quantitative estimate of drug-likeness (QED) is 0.363. The second kappa shape index (κ2) is 8.23. The van der Waals surface area contributed by atoms with Gasteiger partial charge in [0.2, 0.25) is 5.89 Å². The summed E-state index contributed by atoms with van der Waals surface area (Å²) in [6.07, 6.45) is 1.32. The van der Waals surface area contributed by atoms with Crippen LogP contribution in [0.15, 0.2) is 59.0 Å². The Kier molecular flexibility index (Phi) is 5.24. The highest BCUT2D eigenvalue weighted by molar-refractivity contribution is 5.90. The number of hydrogen-bond acceptors (Lipinski definition) is 3. The molecule has 1 saturated heterocycles. The maximum absolute atomic E-state index is 14.2. The molecule has 1 aliphatic heterocycles. The van der Waals surface area contributed by atoms with Crippen LogP contribution in [0, 0.1) is 23.3 Å². The van der Waals surface area contributed by atoms with Crippen molar-refractivity contribution in [3.05, 3.63) is 83.8 Å². The molecule has 0 spiro atoms. The molecule has 4 aromatic rings. The lowest BCUT2D eigenvalue weighted by molar-refractivity contribution is 0.199. The number of nitrogens with zero attached hydrogens (tertiary/aromatic N) is 2. The summed E-state index contributed by atoms with van der Waals surface area (Å²) in [6.45, 7) is 0.435. The van der Waals surface area contributed by atoms with E-state index in [4.69, 9.17) is 4.42 Å². The van der Waals surface area contributed by atoms with Crippen LogP contribution in [0.5, 0.6) is 0 Å². The van der Waals surface area contributed by atoms with E-state index in [-0.39, 0.29) is 11.3 Å². The van der Waals surface area contributed by atoms with Crippen molar-refractivity contribution < 1.29 is 26.8 Å². The third-order valence-corrected chi connectivity index (χ3v) is 5.62. The maximum Gasteiger partial charge on any atom is 0.322 e. The van der Waals surface area contributed by atoms with Gasteiger partial charge in [0, 0.05) is 29.9 Å². The number of halogens is 4. The first-order chi connectivity index (χ1) is 15.9. The fourth-order valence-electron chi connectivity index (χ4n) is 4.01. The van der Waals surface area contributed by atoms with Gasteiger partial charge in [0.1, 0.15) is 23.2 Å². The lowest BCUT2D eigenvalue weighted by atomic mass is 10.0. The molecule has 0 saturated carbocycles. The molecule has 0 radical (unpaired) electrons. The molecular weight excluding hydrogens is 438 g/mol. The molecule has 0 bridgehead atoms. The number of hydrogen-bond donors (Lipinski definition) is 1. The van der Waals surface area contributed by atoms with Crippen LogP contribution in [0.25, 0.3) is 22.2 Å². The molecule has 0 unspecified atom stereocenters. The van der Waals surface area contributed by atoms with Crippen LogP contribution in [0.3, 0.4) is 0 Å². The van der Waals surface area contributed by atoms with E-state index in [9.17, 15) is 22.4 Å². The van der Waals surface area contributed by atoms with Crippen LogP contribution >= 0.6 is 0 Å². The SMILES string of the molecule is O=C(Nc1ccc(F)c(F)c1)N1CCC[C@@H]1c1nc2cc(-c3ccc(F)cc3F)ccc2o1. The molecule has 5 rings (SSSR count). The first-order valence-corrected chi connectivity index (χ1v) is 10.3. The van der Waals surface area contributed by atoms with E-state index in [1.165, 1.54) is 23.1 Å². The highest BCUT2D eigenvalue weighted by atomic mass is 19.2. The number of carbonyl (C=O) groups is 1. The number of anilines is 1. The number of nitrogens with one attached hydrogen (secondary N) is 1. The van der Waals surface area contributed by atoms with Gasteiger partial charge >= 0.3 is 6.03 Å².